The lowest BCUT2D eigenvalue weighted by atomic mass is 10.0. The van der Waals surface area contributed by atoms with Gasteiger partial charge in [-0.3, -0.25) is 0 Å². The zero-order valence-electron chi connectivity index (χ0n) is 11.4. The summed E-state index contributed by atoms with van der Waals surface area (Å²) in [6.45, 7) is 7.15. The van der Waals surface area contributed by atoms with Crippen molar-refractivity contribution in [1.29, 1.82) is 0 Å². The number of ether oxygens (including phenoxy) is 1. The van der Waals surface area contributed by atoms with Crippen LogP contribution in [0.1, 0.15) is 26.3 Å². The van der Waals surface area contributed by atoms with Gasteiger partial charge < -0.3 is 10.1 Å². The molecule has 2 nitrogen and oxygen atoms in total. The van der Waals surface area contributed by atoms with Crippen molar-refractivity contribution in [1.82, 2.24) is 5.32 Å². The van der Waals surface area contributed by atoms with Gasteiger partial charge in [0, 0.05) is 6.04 Å². The number of hydrogen-bond acceptors (Lipinski definition) is 2. The summed E-state index contributed by atoms with van der Waals surface area (Å²) in [5.41, 5.74) is 1.01. The van der Waals surface area contributed by atoms with Crippen molar-refractivity contribution in [3.8, 4) is 5.75 Å². The minimum absolute atomic E-state index is 0.177. The number of nitrogens with one attached hydrogen (secondary N) is 1. The Morgan fingerprint density at radius 1 is 1.11 bits per heavy atom. The number of alkyl halides is 3. The molecule has 108 valence electrons. The summed E-state index contributed by atoms with van der Waals surface area (Å²) in [5, 5.41) is 3.33. The number of benzene rings is 1. The van der Waals surface area contributed by atoms with E-state index in [4.69, 9.17) is 0 Å². The molecular formula is C14H20F3NO. The first kappa shape index (κ1) is 15.8. The lowest BCUT2D eigenvalue weighted by molar-refractivity contribution is -0.274. The molecule has 0 fully saturated rings. The number of hydrogen-bond donors (Lipinski definition) is 1. The summed E-state index contributed by atoms with van der Waals surface area (Å²) in [4.78, 5) is 0. The van der Waals surface area contributed by atoms with E-state index in [1.165, 1.54) is 12.1 Å². The third-order valence-electron chi connectivity index (χ3n) is 2.62. The predicted molar refractivity (Wildman–Crippen MR) is 69.1 cm³/mol. The van der Waals surface area contributed by atoms with Crippen molar-refractivity contribution in [2.24, 2.45) is 5.92 Å². The molecule has 5 heteroatoms. The normalized spacial score (nSPS) is 13.6. The van der Waals surface area contributed by atoms with Crippen LogP contribution in [0.15, 0.2) is 24.3 Å². The van der Waals surface area contributed by atoms with E-state index >= 15 is 0 Å². The highest BCUT2D eigenvalue weighted by Crippen LogP contribution is 2.23. The van der Waals surface area contributed by atoms with Crippen LogP contribution in [-0.4, -0.2) is 18.9 Å². The van der Waals surface area contributed by atoms with Crippen molar-refractivity contribution in [3.63, 3.8) is 0 Å². The van der Waals surface area contributed by atoms with Crippen LogP contribution in [0.4, 0.5) is 13.2 Å². The van der Waals surface area contributed by atoms with E-state index in [1.54, 1.807) is 12.1 Å². The first-order valence-corrected chi connectivity index (χ1v) is 6.34. The maximum absolute atomic E-state index is 12.0. The van der Waals surface area contributed by atoms with Gasteiger partial charge in [0.15, 0.2) is 0 Å². The molecule has 0 aliphatic heterocycles. The van der Waals surface area contributed by atoms with Crippen LogP contribution in [0.5, 0.6) is 5.75 Å². The van der Waals surface area contributed by atoms with Crippen LogP contribution < -0.4 is 10.1 Å². The molecule has 0 heterocycles. The lowest BCUT2D eigenvalue weighted by Gasteiger charge is -2.15. The monoisotopic (exact) mass is 275 g/mol. The predicted octanol–water partition coefficient (Wildman–Crippen LogP) is 3.76. The standard InChI is InChI=1S/C14H20F3NO/c1-10(2)18-9-11(3)8-12-4-6-13(7-5-12)19-14(15,16)17/h4-7,10-11,18H,8-9H2,1-3H3. The van der Waals surface area contributed by atoms with Gasteiger partial charge in [0.1, 0.15) is 5.75 Å². The van der Waals surface area contributed by atoms with Crippen LogP contribution in [0.3, 0.4) is 0 Å². The van der Waals surface area contributed by atoms with E-state index in [2.05, 4.69) is 30.8 Å². The smallest absolute Gasteiger partial charge is 0.406 e. The average Bonchev–Trinajstić information content (AvgIpc) is 2.27. The van der Waals surface area contributed by atoms with E-state index < -0.39 is 6.36 Å². The largest absolute Gasteiger partial charge is 0.573 e. The molecule has 1 N–H and O–H groups in total. The molecule has 0 aromatic heterocycles. The average molecular weight is 275 g/mol. The molecule has 0 spiro atoms. The fourth-order valence-corrected chi connectivity index (χ4v) is 1.74. The quantitative estimate of drug-likeness (QED) is 0.853. The maximum Gasteiger partial charge on any atom is 0.573 e. The van der Waals surface area contributed by atoms with E-state index in [0.29, 0.717) is 12.0 Å². The lowest BCUT2D eigenvalue weighted by Crippen LogP contribution is -2.28. The Balaban J connectivity index is 2.48. The Bertz CT molecular complexity index is 373. The van der Waals surface area contributed by atoms with E-state index in [-0.39, 0.29) is 5.75 Å². The molecule has 1 unspecified atom stereocenters. The molecule has 0 saturated heterocycles. The van der Waals surface area contributed by atoms with E-state index in [9.17, 15) is 13.2 Å². The Morgan fingerprint density at radius 3 is 2.16 bits per heavy atom. The van der Waals surface area contributed by atoms with Gasteiger partial charge in [-0.2, -0.15) is 0 Å². The topological polar surface area (TPSA) is 21.3 Å². The summed E-state index contributed by atoms with van der Waals surface area (Å²) in [6, 6.07) is 6.49. The molecule has 0 radical (unpaired) electrons. The minimum atomic E-state index is -4.63. The zero-order chi connectivity index (χ0) is 14.5. The van der Waals surface area contributed by atoms with Crippen LogP contribution in [-0.2, 0) is 6.42 Å². The first-order valence-electron chi connectivity index (χ1n) is 6.34. The summed E-state index contributed by atoms with van der Waals surface area (Å²) < 4.78 is 39.8. The Morgan fingerprint density at radius 2 is 1.68 bits per heavy atom. The molecule has 1 atom stereocenters. The van der Waals surface area contributed by atoms with Crippen molar-refractivity contribution in [2.45, 2.75) is 39.6 Å². The van der Waals surface area contributed by atoms with Gasteiger partial charge in [0.05, 0.1) is 0 Å². The zero-order valence-corrected chi connectivity index (χ0v) is 11.4. The number of rotatable bonds is 6. The van der Waals surface area contributed by atoms with Crippen LogP contribution in [0.25, 0.3) is 0 Å². The van der Waals surface area contributed by atoms with Gasteiger partial charge in [-0.25, -0.2) is 0 Å². The second-order valence-corrected chi connectivity index (χ2v) is 5.06. The highest BCUT2D eigenvalue weighted by atomic mass is 19.4. The Hall–Kier alpha value is -1.23. The van der Waals surface area contributed by atoms with Crippen LogP contribution in [0.2, 0.25) is 0 Å². The summed E-state index contributed by atoms with van der Waals surface area (Å²) >= 11 is 0. The van der Waals surface area contributed by atoms with Gasteiger partial charge in [-0.15, -0.1) is 13.2 Å². The molecule has 0 saturated carbocycles. The van der Waals surface area contributed by atoms with Gasteiger partial charge in [0.25, 0.3) is 0 Å². The van der Waals surface area contributed by atoms with Gasteiger partial charge >= 0.3 is 6.36 Å². The second kappa shape index (κ2) is 6.80. The fraction of sp³-hybridized carbons (Fsp3) is 0.571. The molecule has 0 aliphatic rings. The SMILES string of the molecule is CC(CNC(C)C)Cc1ccc(OC(F)(F)F)cc1. The Kier molecular flexibility index (Phi) is 5.66. The Labute approximate surface area is 112 Å². The van der Waals surface area contributed by atoms with Crippen molar-refractivity contribution in [3.05, 3.63) is 29.8 Å². The summed E-state index contributed by atoms with van der Waals surface area (Å²) in [5.74, 6) is 0.251. The second-order valence-electron chi connectivity index (χ2n) is 5.06. The molecule has 0 bridgehead atoms. The van der Waals surface area contributed by atoms with Crippen molar-refractivity contribution < 1.29 is 17.9 Å². The first-order chi connectivity index (χ1) is 8.76. The number of halogens is 3. The van der Waals surface area contributed by atoms with E-state index in [1.807, 2.05) is 0 Å². The summed E-state index contributed by atoms with van der Waals surface area (Å²) in [6.07, 6.45) is -3.80. The fourth-order valence-electron chi connectivity index (χ4n) is 1.74. The molecule has 1 aromatic carbocycles. The highest BCUT2D eigenvalue weighted by Gasteiger charge is 2.30. The van der Waals surface area contributed by atoms with E-state index in [0.717, 1.165) is 18.5 Å². The molecule has 1 aromatic rings. The van der Waals surface area contributed by atoms with Crippen LogP contribution >= 0.6 is 0 Å². The molecular weight excluding hydrogens is 255 g/mol. The van der Waals surface area contributed by atoms with Crippen molar-refractivity contribution >= 4 is 0 Å². The van der Waals surface area contributed by atoms with Gasteiger partial charge in [-0.05, 0) is 36.6 Å². The third-order valence-corrected chi connectivity index (χ3v) is 2.62. The molecule has 0 aliphatic carbocycles. The van der Waals surface area contributed by atoms with Crippen LogP contribution in [0, 0.1) is 5.92 Å². The summed E-state index contributed by atoms with van der Waals surface area (Å²) in [7, 11) is 0. The maximum atomic E-state index is 12.0. The van der Waals surface area contributed by atoms with Gasteiger partial charge in [-0.1, -0.05) is 32.9 Å². The van der Waals surface area contributed by atoms with Crippen molar-refractivity contribution in [2.75, 3.05) is 6.54 Å². The molecule has 0 amide bonds. The molecule has 1 rings (SSSR count). The highest BCUT2D eigenvalue weighted by molar-refractivity contribution is 5.27. The molecule has 19 heavy (non-hydrogen) atoms. The minimum Gasteiger partial charge on any atom is -0.406 e. The van der Waals surface area contributed by atoms with Gasteiger partial charge in [0.2, 0.25) is 0 Å². The third kappa shape index (κ3) is 7.06.